The van der Waals surface area contributed by atoms with Gasteiger partial charge in [0, 0.05) is 19.1 Å². The van der Waals surface area contributed by atoms with E-state index < -0.39 is 0 Å². The van der Waals surface area contributed by atoms with E-state index in [0.29, 0.717) is 17.7 Å². The Balaban J connectivity index is 1.47. The van der Waals surface area contributed by atoms with E-state index in [1.54, 1.807) is 0 Å². The van der Waals surface area contributed by atoms with E-state index in [0.717, 1.165) is 48.5 Å². The van der Waals surface area contributed by atoms with Gasteiger partial charge in [-0.25, -0.2) is 4.98 Å². The summed E-state index contributed by atoms with van der Waals surface area (Å²) < 4.78 is 1.93. The summed E-state index contributed by atoms with van der Waals surface area (Å²) in [4.78, 5) is 31.6. The summed E-state index contributed by atoms with van der Waals surface area (Å²) in [6, 6.07) is 8.16. The van der Waals surface area contributed by atoms with Crippen molar-refractivity contribution in [1.82, 2.24) is 19.8 Å². The van der Waals surface area contributed by atoms with E-state index in [2.05, 4.69) is 17.2 Å². The number of hydrogen-bond donors (Lipinski definition) is 1. The fraction of sp³-hybridized carbons (Fsp3) is 0.550. The van der Waals surface area contributed by atoms with Crippen molar-refractivity contribution < 1.29 is 9.59 Å². The Labute approximate surface area is 163 Å². The minimum Gasteiger partial charge on any atom is -0.352 e. The number of piperidine rings is 1. The Morgan fingerprint density at radius 1 is 1.26 bits per heavy atom. The van der Waals surface area contributed by atoms with Gasteiger partial charge in [-0.1, -0.05) is 30.8 Å². The number of thioether (sulfide) groups is 1. The molecule has 1 aromatic heterocycles. The fourth-order valence-corrected chi connectivity index (χ4v) is 4.51. The monoisotopic (exact) mass is 386 g/mol. The van der Waals surface area contributed by atoms with Gasteiger partial charge in [-0.3, -0.25) is 9.59 Å². The normalized spacial score (nSPS) is 20.0. The van der Waals surface area contributed by atoms with Crippen LogP contribution in [0.25, 0.3) is 11.0 Å². The number of fused-ring (bicyclic) bond motifs is 1. The minimum absolute atomic E-state index is 0.0127. The molecule has 7 heteroatoms. The van der Waals surface area contributed by atoms with Crippen LogP contribution in [0.3, 0.4) is 0 Å². The minimum atomic E-state index is 0.0127. The molecule has 1 aromatic carbocycles. The third-order valence-electron chi connectivity index (χ3n) is 5.20. The molecule has 2 aliphatic rings. The van der Waals surface area contributed by atoms with E-state index >= 15 is 0 Å². The summed E-state index contributed by atoms with van der Waals surface area (Å²) in [6.07, 6.45) is 4.42. The van der Waals surface area contributed by atoms with Gasteiger partial charge in [0.2, 0.25) is 11.8 Å². The lowest BCUT2D eigenvalue weighted by molar-refractivity contribution is -0.130. The number of hydrogen-bond acceptors (Lipinski definition) is 4. The molecule has 144 valence electrons. The van der Waals surface area contributed by atoms with Crippen molar-refractivity contribution >= 4 is 34.6 Å². The average molecular weight is 387 g/mol. The quantitative estimate of drug-likeness (QED) is 0.775. The van der Waals surface area contributed by atoms with Gasteiger partial charge in [-0.2, -0.15) is 0 Å². The lowest BCUT2D eigenvalue weighted by Gasteiger charge is -2.30. The highest BCUT2D eigenvalue weighted by Crippen LogP contribution is 2.26. The van der Waals surface area contributed by atoms with Crippen molar-refractivity contribution in [3.63, 3.8) is 0 Å². The van der Waals surface area contributed by atoms with Crippen LogP contribution in [0.4, 0.5) is 0 Å². The third kappa shape index (κ3) is 4.46. The van der Waals surface area contributed by atoms with Crippen molar-refractivity contribution in [2.24, 2.45) is 5.92 Å². The molecule has 1 N–H and O–H groups in total. The Morgan fingerprint density at radius 2 is 2.07 bits per heavy atom. The second-order valence-electron chi connectivity index (χ2n) is 7.69. The molecule has 1 aliphatic heterocycles. The van der Waals surface area contributed by atoms with E-state index in [-0.39, 0.29) is 18.4 Å². The molecular weight excluding hydrogens is 360 g/mol. The maximum Gasteiger partial charge on any atom is 0.240 e. The average Bonchev–Trinajstić information content (AvgIpc) is 3.40. The summed E-state index contributed by atoms with van der Waals surface area (Å²) in [6.45, 7) is 4.14. The van der Waals surface area contributed by atoms with E-state index in [1.807, 2.05) is 33.7 Å². The smallest absolute Gasteiger partial charge is 0.240 e. The summed E-state index contributed by atoms with van der Waals surface area (Å²) in [5, 5.41) is 3.77. The predicted molar refractivity (Wildman–Crippen MR) is 107 cm³/mol. The Kier molecular flexibility index (Phi) is 5.38. The summed E-state index contributed by atoms with van der Waals surface area (Å²) >= 11 is 1.43. The van der Waals surface area contributed by atoms with Gasteiger partial charge in [-0.05, 0) is 43.7 Å². The summed E-state index contributed by atoms with van der Waals surface area (Å²) in [5.41, 5.74) is 1.79. The van der Waals surface area contributed by atoms with Crippen LogP contribution in [0.5, 0.6) is 0 Å². The number of rotatable bonds is 6. The summed E-state index contributed by atoms with van der Waals surface area (Å²) in [5.74, 6) is 1.11. The van der Waals surface area contributed by atoms with Gasteiger partial charge in [0.25, 0.3) is 0 Å². The molecule has 0 unspecified atom stereocenters. The van der Waals surface area contributed by atoms with E-state index in [9.17, 15) is 9.59 Å². The molecule has 27 heavy (non-hydrogen) atoms. The molecule has 2 amide bonds. The standard InChI is InChI=1S/C20H26N4O2S/c1-14-5-4-10-23(11-14)19(26)13-27-20-22-16-6-2-3-7-17(16)24(20)12-18(25)21-15-8-9-15/h2-3,6-7,14-15H,4-5,8-13H2,1H3,(H,21,25)/t14-/m1/s1. The van der Waals surface area contributed by atoms with Gasteiger partial charge in [0.05, 0.1) is 16.8 Å². The van der Waals surface area contributed by atoms with Gasteiger partial charge in [0.15, 0.2) is 5.16 Å². The third-order valence-corrected chi connectivity index (χ3v) is 6.16. The molecule has 1 saturated heterocycles. The first-order chi connectivity index (χ1) is 13.1. The molecule has 2 aromatic rings. The molecule has 0 radical (unpaired) electrons. The molecule has 0 spiro atoms. The molecule has 1 aliphatic carbocycles. The van der Waals surface area contributed by atoms with Gasteiger partial charge >= 0.3 is 0 Å². The Hall–Kier alpha value is -2.02. The first-order valence-corrected chi connectivity index (χ1v) is 10.7. The molecule has 2 heterocycles. The van der Waals surface area contributed by atoms with Crippen molar-refractivity contribution in [2.45, 2.75) is 50.4 Å². The van der Waals surface area contributed by atoms with Crippen molar-refractivity contribution in [2.75, 3.05) is 18.8 Å². The van der Waals surface area contributed by atoms with E-state index in [4.69, 9.17) is 0 Å². The second kappa shape index (κ2) is 7.92. The van der Waals surface area contributed by atoms with Gasteiger partial charge in [0.1, 0.15) is 6.54 Å². The van der Waals surface area contributed by atoms with Crippen LogP contribution in [0.15, 0.2) is 29.4 Å². The molecule has 6 nitrogen and oxygen atoms in total. The predicted octanol–water partition coefficient (Wildman–Crippen LogP) is 2.67. The summed E-state index contributed by atoms with van der Waals surface area (Å²) in [7, 11) is 0. The Bertz CT molecular complexity index is 846. The highest BCUT2D eigenvalue weighted by atomic mass is 32.2. The zero-order chi connectivity index (χ0) is 18.8. The van der Waals surface area contributed by atoms with Crippen molar-refractivity contribution in [3.05, 3.63) is 24.3 Å². The topological polar surface area (TPSA) is 67.2 Å². The number of aromatic nitrogens is 2. The van der Waals surface area contributed by atoms with Crippen LogP contribution in [0.2, 0.25) is 0 Å². The molecule has 1 saturated carbocycles. The SMILES string of the molecule is C[C@@H]1CCCN(C(=O)CSc2nc3ccccc3n2CC(=O)NC2CC2)C1. The van der Waals surface area contributed by atoms with Crippen LogP contribution in [0.1, 0.15) is 32.6 Å². The van der Waals surface area contributed by atoms with Crippen molar-refractivity contribution in [3.8, 4) is 0 Å². The highest BCUT2D eigenvalue weighted by Gasteiger charge is 2.25. The second-order valence-corrected chi connectivity index (χ2v) is 8.63. The first kappa shape index (κ1) is 18.3. The number of carbonyl (C=O) groups is 2. The van der Waals surface area contributed by atoms with Crippen LogP contribution in [-0.4, -0.2) is 51.1 Å². The number of amides is 2. The molecule has 0 bridgehead atoms. The molecule has 2 fully saturated rings. The number of likely N-dealkylation sites (tertiary alicyclic amines) is 1. The number of benzene rings is 1. The van der Waals surface area contributed by atoms with E-state index in [1.165, 1.54) is 18.2 Å². The zero-order valence-electron chi connectivity index (χ0n) is 15.7. The molecule has 1 atom stereocenters. The molecule has 4 rings (SSSR count). The zero-order valence-corrected chi connectivity index (χ0v) is 16.5. The lowest BCUT2D eigenvalue weighted by Crippen LogP contribution is -2.40. The van der Waals surface area contributed by atoms with Crippen molar-refractivity contribution in [1.29, 1.82) is 0 Å². The van der Waals surface area contributed by atoms with Crippen LogP contribution >= 0.6 is 11.8 Å². The number of para-hydroxylation sites is 2. The maximum atomic E-state index is 12.6. The number of carbonyl (C=O) groups excluding carboxylic acids is 2. The van der Waals surface area contributed by atoms with Crippen LogP contribution in [0, 0.1) is 5.92 Å². The maximum absolute atomic E-state index is 12.6. The molecular formula is C20H26N4O2S. The highest BCUT2D eigenvalue weighted by molar-refractivity contribution is 7.99. The fourth-order valence-electron chi connectivity index (χ4n) is 3.59. The number of nitrogens with zero attached hydrogens (tertiary/aromatic N) is 3. The Morgan fingerprint density at radius 3 is 2.85 bits per heavy atom. The number of imidazole rings is 1. The van der Waals surface area contributed by atoms with Crippen LogP contribution in [-0.2, 0) is 16.1 Å². The largest absolute Gasteiger partial charge is 0.352 e. The van der Waals surface area contributed by atoms with Gasteiger partial charge in [-0.15, -0.1) is 0 Å². The van der Waals surface area contributed by atoms with Crippen LogP contribution < -0.4 is 5.32 Å². The lowest BCUT2D eigenvalue weighted by atomic mass is 10.0. The first-order valence-electron chi connectivity index (χ1n) is 9.75. The number of nitrogens with one attached hydrogen (secondary N) is 1. The van der Waals surface area contributed by atoms with Gasteiger partial charge < -0.3 is 14.8 Å².